The summed E-state index contributed by atoms with van der Waals surface area (Å²) in [6.07, 6.45) is 21.2. The maximum absolute atomic E-state index is 14.0. The third kappa shape index (κ3) is 6.53. The summed E-state index contributed by atoms with van der Waals surface area (Å²) in [7, 11) is 4.26. The van der Waals surface area contributed by atoms with Crippen molar-refractivity contribution < 1.29 is 9.50 Å². The molecule has 0 bridgehead atoms. The molecule has 0 saturated heterocycles. The molecule has 2 aromatic carbocycles. The molecule has 0 amide bonds. The molecule has 0 heterocycles. The second-order valence-corrected chi connectivity index (χ2v) is 10.7. The lowest BCUT2D eigenvalue weighted by atomic mass is 9.89. The highest BCUT2D eigenvalue weighted by Gasteiger charge is 2.18. The van der Waals surface area contributed by atoms with Gasteiger partial charge in [-0.1, -0.05) is 69.3 Å². The molecular formula is C29H33FNOP. The van der Waals surface area contributed by atoms with Crippen LogP contribution < -0.4 is 10.6 Å². The van der Waals surface area contributed by atoms with E-state index >= 15 is 0 Å². The van der Waals surface area contributed by atoms with Crippen LogP contribution in [-0.2, 0) is 19.4 Å². The van der Waals surface area contributed by atoms with Crippen molar-refractivity contribution in [3.05, 3.63) is 101 Å². The molecule has 0 fully saturated rings. The van der Waals surface area contributed by atoms with Gasteiger partial charge in [0.05, 0.1) is 0 Å². The largest absolute Gasteiger partial charge is 0.507 e. The zero-order valence-corrected chi connectivity index (χ0v) is 20.5. The highest BCUT2D eigenvalue weighted by Crippen LogP contribution is 2.30. The van der Waals surface area contributed by atoms with Gasteiger partial charge in [-0.25, -0.2) is 4.39 Å². The highest BCUT2D eigenvalue weighted by atomic mass is 31.1. The van der Waals surface area contributed by atoms with Gasteiger partial charge in [-0.2, -0.15) is 0 Å². The summed E-state index contributed by atoms with van der Waals surface area (Å²) in [5.41, 5.74) is 3.26. The van der Waals surface area contributed by atoms with E-state index in [1.807, 2.05) is 20.2 Å². The summed E-state index contributed by atoms with van der Waals surface area (Å²) in [6.45, 7) is 0.672. The number of phenols is 1. The standard InChI is InChI=1S/C29H33FNOP/c1-31(2)20-25-19-26(30)13-14-27(25)33-28-18-23(15-21-9-5-3-6-10-21)17-24(29(28)32)16-22-11-7-4-8-12-22/h3-9,11,13-14,17-19,21-22,32-33H,10,12,15-16,20H2,1-2H3. The van der Waals surface area contributed by atoms with Crippen LogP contribution in [0.5, 0.6) is 5.75 Å². The van der Waals surface area contributed by atoms with Crippen molar-refractivity contribution in [2.45, 2.75) is 32.2 Å². The Kier molecular flexibility index (Phi) is 7.96. The third-order valence-corrected chi connectivity index (χ3v) is 7.60. The minimum absolute atomic E-state index is 0.214. The Balaban J connectivity index is 1.67. The van der Waals surface area contributed by atoms with Crippen molar-refractivity contribution in [2.24, 2.45) is 11.8 Å². The summed E-state index contributed by atoms with van der Waals surface area (Å²) in [6, 6.07) is 9.40. The topological polar surface area (TPSA) is 23.5 Å². The summed E-state index contributed by atoms with van der Waals surface area (Å²) in [5, 5.41) is 13.3. The molecule has 2 aliphatic rings. The van der Waals surface area contributed by atoms with E-state index in [1.54, 1.807) is 6.07 Å². The molecule has 3 unspecified atom stereocenters. The number of rotatable bonds is 8. The minimum Gasteiger partial charge on any atom is -0.507 e. The molecule has 2 nitrogen and oxygen atoms in total. The fraction of sp³-hybridized carbons (Fsp3) is 0.310. The molecule has 1 N–H and O–H groups in total. The van der Waals surface area contributed by atoms with Gasteiger partial charge in [-0.3, -0.25) is 0 Å². The van der Waals surface area contributed by atoms with E-state index in [-0.39, 0.29) is 14.4 Å². The van der Waals surface area contributed by atoms with E-state index in [0.29, 0.717) is 24.1 Å². The van der Waals surface area contributed by atoms with Crippen molar-refractivity contribution in [2.75, 3.05) is 14.1 Å². The number of phenolic OH excluding ortho intramolecular Hbond substituents is 1. The van der Waals surface area contributed by atoms with Gasteiger partial charge in [0.1, 0.15) is 11.6 Å². The second kappa shape index (κ2) is 11.1. The maximum atomic E-state index is 14.0. The van der Waals surface area contributed by atoms with E-state index in [1.165, 1.54) is 11.6 Å². The predicted octanol–water partition coefficient (Wildman–Crippen LogP) is 5.57. The number of halogens is 1. The number of hydrogen-bond acceptors (Lipinski definition) is 2. The second-order valence-electron chi connectivity index (χ2n) is 9.34. The van der Waals surface area contributed by atoms with Gasteiger partial charge >= 0.3 is 0 Å². The number of allylic oxidation sites excluding steroid dienone is 8. The van der Waals surface area contributed by atoms with E-state index in [4.69, 9.17) is 0 Å². The molecule has 4 rings (SSSR count). The molecular weight excluding hydrogens is 428 g/mol. The quantitative estimate of drug-likeness (QED) is 0.520. The van der Waals surface area contributed by atoms with Crippen LogP contribution in [0.15, 0.2) is 78.9 Å². The number of aromatic hydroxyl groups is 1. The van der Waals surface area contributed by atoms with E-state index in [9.17, 15) is 9.50 Å². The van der Waals surface area contributed by atoms with Gasteiger partial charge in [-0.05, 0) is 91.8 Å². The monoisotopic (exact) mass is 461 g/mol. The Bertz CT molecular complexity index is 1100. The zero-order chi connectivity index (χ0) is 23.2. The summed E-state index contributed by atoms with van der Waals surface area (Å²) >= 11 is 0. The van der Waals surface area contributed by atoms with E-state index in [0.717, 1.165) is 47.4 Å². The summed E-state index contributed by atoms with van der Waals surface area (Å²) in [4.78, 5) is 2.05. The summed E-state index contributed by atoms with van der Waals surface area (Å²) in [5.74, 6) is 1.07. The van der Waals surface area contributed by atoms with Crippen molar-refractivity contribution in [1.82, 2.24) is 4.90 Å². The van der Waals surface area contributed by atoms with Crippen LogP contribution in [0.1, 0.15) is 29.5 Å². The maximum Gasteiger partial charge on any atom is 0.126 e. The molecule has 2 aromatic rings. The lowest BCUT2D eigenvalue weighted by molar-refractivity contribution is 0.402. The molecule has 0 saturated carbocycles. The average molecular weight is 462 g/mol. The lowest BCUT2D eigenvalue weighted by Crippen LogP contribution is -2.19. The van der Waals surface area contributed by atoms with Crippen molar-refractivity contribution in [3.63, 3.8) is 0 Å². The Morgan fingerprint density at radius 2 is 1.58 bits per heavy atom. The molecule has 0 aromatic heterocycles. The van der Waals surface area contributed by atoms with Gasteiger partial charge in [0.2, 0.25) is 0 Å². The first-order valence-corrected chi connectivity index (χ1v) is 12.7. The van der Waals surface area contributed by atoms with Crippen LogP contribution in [0.2, 0.25) is 0 Å². The Morgan fingerprint density at radius 1 is 0.879 bits per heavy atom. The molecule has 3 atom stereocenters. The smallest absolute Gasteiger partial charge is 0.126 e. The van der Waals surface area contributed by atoms with Gasteiger partial charge < -0.3 is 10.0 Å². The number of benzene rings is 2. The molecule has 172 valence electrons. The van der Waals surface area contributed by atoms with Crippen LogP contribution in [0, 0.1) is 17.7 Å². The van der Waals surface area contributed by atoms with Gasteiger partial charge in [0, 0.05) is 11.8 Å². The Labute approximate surface area is 199 Å². The minimum atomic E-state index is -0.214. The first-order valence-electron chi connectivity index (χ1n) is 11.7. The van der Waals surface area contributed by atoms with Crippen molar-refractivity contribution >= 4 is 19.2 Å². The fourth-order valence-electron chi connectivity index (χ4n) is 4.58. The molecule has 33 heavy (non-hydrogen) atoms. The Hall–Kier alpha value is -2.48. The van der Waals surface area contributed by atoms with Crippen LogP contribution >= 0.6 is 8.58 Å². The molecule has 0 spiro atoms. The normalized spacial score (nSPS) is 19.9. The van der Waals surface area contributed by atoms with Crippen LogP contribution in [0.4, 0.5) is 4.39 Å². The fourth-order valence-corrected chi connectivity index (χ4v) is 5.89. The van der Waals surface area contributed by atoms with Crippen LogP contribution in [-0.4, -0.2) is 24.1 Å². The van der Waals surface area contributed by atoms with E-state index < -0.39 is 0 Å². The highest BCUT2D eigenvalue weighted by molar-refractivity contribution is 7.55. The third-order valence-electron chi connectivity index (χ3n) is 6.19. The van der Waals surface area contributed by atoms with Gasteiger partial charge in [0.15, 0.2) is 0 Å². The average Bonchev–Trinajstić information content (AvgIpc) is 2.79. The molecule has 0 aliphatic heterocycles. The first kappa shape index (κ1) is 23.7. The van der Waals surface area contributed by atoms with Crippen LogP contribution in [0.3, 0.4) is 0 Å². The number of hydrogen-bond donors (Lipinski definition) is 1. The van der Waals surface area contributed by atoms with Gasteiger partial charge in [0.25, 0.3) is 0 Å². The lowest BCUT2D eigenvalue weighted by Gasteiger charge is -2.20. The van der Waals surface area contributed by atoms with Gasteiger partial charge in [-0.15, -0.1) is 0 Å². The Morgan fingerprint density at radius 3 is 2.21 bits per heavy atom. The van der Waals surface area contributed by atoms with E-state index in [2.05, 4.69) is 65.6 Å². The summed E-state index contributed by atoms with van der Waals surface area (Å²) < 4.78 is 14.0. The van der Waals surface area contributed by atoms with Crippen molar-refractivity contribution in [3.8, 4) is 5.75 Å². The SMILES string of the molecule is CN(C)Cc1cc(F)ccc1Pc1cc(CC2C=CC=CC2)cc(CC2C=CC=CC2)c1O. The number of nitrogens with zero attached hydrogens (tertiary/aromatic N) is 1. The molecule has 0 radical (unpaired) electrons. The van der Waals surface area contributed by atoms with Crippen molar-refractivity contribution in [1.29, 1.82) is 0 Å². The molecule has 2 aliphatic carbocycles. The predicted molar refractivity (Wildman–Crippen MR) is 140 cm³/mol. The molecule has 4 heteroatoms. The van der Waals surface area contributed by atoms with Crippen LogP contribution in [0.25, 0.3) is 0 Å². The zero-order valence-electron chi connectivity index (χ0n) is 19.5. The first-order chi connectivity index (χ1) is 16.0.